The lowest BCUT2D eigenvalue weighted by Crippen LogP contribution is -2.42. The minimum atomic E-state index is 0.00940. The highest BCUT2D eigenvalue weighted by Gasteiger charge is 2.15. The Morgan fingerprint density at radius 2 is 2.00 bits per heavy atom. The lowest BCUT2D eigenvalue weighted by atomic mass is 10.2. The molecule has 0 saturated carbocycles. The van der Waals surface area contributed by atoms with Gasteiger partial charge in [0, 0.05) is 51.7 Å². The summed E-state index contributed by atoms with van der Waals surface area (Å²) in [6.45, 7) is 2.84. The van der Waals surface area contributed by atoms with E-state index in [1.165, 1.54) is 24.3 Å². The molecule has 0 radical (unpaired) electrons. The summed E-state index contributed by atoms with van der Waals surface area (Å²) in [6.07, 6.45) is 3.54. The number of guanidine groups is 1. The molecule has 6 nitrogen and oxygen atoms in total. The van der Waals surface area contributed by atoms with Crippen LogP contribution < -0.4 is 15.5 Å². The Morgan fingerprint density at radius 3 is 2.67 bits per heavy atom. The molecule has 0 aliphatic carbocycles. The topological polar surface area (TPSA) is 60.0 Å². The number of carbonyl (C=O) groups excluding carboxylic acids is 1. The zero-order valence-corrected chi connectivity index (χ0v) is 17.6. The molecule has 27 heavy (non-hydrogen) atoms. The van der Waals surface area contributed by atoms with Gasteiger partial charge in [0.1, 0.15) is 6.54 Å². The molecule has 1 unspecified atom stereocenters. The molecular weight excluding hydrogens is 358 g/mol. The van der Waals surface area contributed by atoms with Gasteiger partial charge in [-0.3, -0.25) is 4.79 Å². The first-order chi connectivity index (χ1) is 13.1. The molecule has 1 fully saturated rings. The van der Waals surface area contributed by atoms with E-state index in [0.717, 1.165) is 32.0 Å². The molecule has 0 aromatic heterocycles. The third kappa shape index (κ3) is 8.12. The van der Waals surface area contributed by atoms with Gasteiger partial charge in [-0.05, 0) is 37.1 Å². The van der Waals surface area contributed by atoms with Gasteiger partial charge >= 0.3 is 0 Å². The van der Waals surface area contributed by atoms with Crippen LogP contribution in [0.15, 0.2) is 35.3 Å². The van der Waals surface area contributed by atoms with E-state index < -0.39 is 0 Å². The van der Waals surface area contributed by atoms with Crippen molar-refractivity contribution in [2.75, 3.05) is 58.0 Å². The quantitative estimate of drug-likeness (QED) is 0.383. The fraction of sp³-hybridized carbons (Fsp3) is 0.600. The van der Waals surface area contributed by atoms with Crippen molar-refractivity contribution in [1.82, 2.24) is 15.5 Å². The maximum absolute atomic E-state index is 11.8. The molecule has 0 bridgehead atoms. The number of hydrogen-bond acceptors (Lipinski definition) is 4. The zero-order chi connectivity index (χ0) is 19.5. The highest BCUT2D eigenvalue weighted by atomic mass is 32.2. The molecule has 2 rings (SSSR count). The van der Waals surface area contributed by atoms with Crippen molar-refractivity contribution in [1.29, 1.82) is 0 Å². The summed E-state index contributed by atoms with van der Waals surface area (Å²) < 4.78 is 0. The minimum Gasteiger partial charge on any atom is -0.375 e. The third-order valence-corrected chi connectivity index (χ3v) is 5.95. The number of likely N-dealkylation sites (N-methyl/N-ethyl adjacent to an activating group) is 1. The standard InChI is InChI=1S/C20H33N5OS/c1-24(2)19(26)16-23-20(22-15-18-11-7-14-27-18)21-12-8-13-25(3)17-9-5-4-6-10-17/h4-6,9-10,18H,7-8,11-16H2,1-3H3,(H2,21,22,23). The molecular formula is C20H33N5OS. The zero-order valence-electron chi connectivity index (χ0n) is 16.8. The molecule has 1 aromatic carbocycles. The number of para-hydroxylation sites is 1. The Labute approximate surface area is 167 Å². The number of amides is 1. The Morgan fingerprint density at radius 1 is 1.22 bits per heavy atom. The van der Waals surface area contributed by atoms with E-state index in [4.69, 9.17) is 0 Å². The number of nitrogens with zero attached hydrogens (tertiary/aromatic N) is 3. The van der Waals surface area contributed by atoms with Crippen molar-refractivity contribution in [2.24, 2.45) is 4.99 Å². The van der Waals surface area contributed by atoms with Gasteiger partial charge in [0.05, 0.1) is 0 Å². The van der Waals surface area contributed by atoms with Gasteiger partial charge in [-0.25, -0.2) is 4.99 Å². The van der Waals surface area contributed by atoms with Crippen molar-refractivity contribution >= 4 is 29.3 Å². The first kappa shape index (κ1) is 21.4. The van der Waals surface area contributed by atoms with Gasteiger partial charge < -0.3 is 20.4 Å². The van der Waals surface area contributed by atoms with Crippen molar-refractivity contribution in [3.8, 4) is 0 Å². The van der Waals surface area contributed by atoms with E-state index in [0.29, 0.717) is 5.25 Å². The molecule has 1 saturated heterocycles. The molecule has 1 amide bonds. The van der Waals surface area contributed by atoms with Crippen molar-refractivity contribution in [3.63, 3.8) is 0 Å². The van der Waals surface area contributed by atoms with Gasteiger partial charge in [-0.2, -0.15) is 11.8 Å². The molecule has 0 spiro atoms. The SMILES string of the molecule is CN(C)C(=O)CN=C(NCCCN(C)c1ccccc1)NCC1CCCS1. The summed E-state index contributed by atoms with van der Waals surface area (Å²) in [5, 5.41) is 7.43. The van der Waals surface area contributed by atoms with E-state index in [2.05, 4.69) is 51.8 Å². The molecule has 1 aliphatic heterocycles. The highest BCUT2D eigenvalue weighted by molar-refractivity contribution is 8.00. The second kappa shape index (κ2) is 11.7. The largest absolute Gasteiger partial charge is 0.375 e. The summed E-state index contributed by atoms with van der Waals surface area (Å²) in [6, 6.07) is 10.4. The number of benzene rings is 1. The van der Waals surface area contributed by atoms with E-state index in [1.54, 1.807) is 19.0 Å². The Kier molecular flexibility index (Phi) is 9.31. The van der Waals surface area contributed by atoms with Gasteiger partial charge in [0.2, 0.25) is 5.91 Å². The average Bonchev–Trinajstić information content (AvgIpc) is 3.20. The smallest absolute Gasteiger partial charge is 0.243 e. The Balaban J connectivity index is 1.77. The number of hydrogen-bond donors (Lipinski definition) is 2. The number of nitrogens with one attached hydrogen (secondary N) is 2. The molecule has 1 heterocycles. The number of rotatable bonds is 9. The van der Waals surface area contributed by atoms with E-state index in [-0.39, 0.29) is 12.5 Å². The normalized spacial score (nSPS) is 16.9. The molecule has 1 aliphatic rings. The van der Waals surface area contributed by atoms with Crippen LogP contribution in [0.2, 0.25) is 0 Å². The van der Waals surface area contributed by atoms with Crippen LogP contribution in [0.4, 0.5) is 5.69 Å². The molecule has 2 N–H and O–H groups in total. The summed E-state index contributed by atoms with van der Waals surface area (Å²) in [5.41, 5.74) is 1.22. The first-order valence-electron chi connectivity index (χ1n) is 9.66. The minimum absolute atomic E-state index is 0.00940. The van der Waals surface area contributed by atoms with Gasteiger partial charge in [0.25, 0.3) is 0 Å². The van der Waals surface area contributed by atoms with Crippen LogP contribution in [0.1, 0.15) is 19.3 Å². The number of aliphatic imine (C=N–C) groups is 1. The van der Waals surface area contributed by atoms with Crippen LogP contribution in [0.25, 0.3) is 0 Å². The molecule has 1 aromatic rings. The van der Waals surface area contributed by atoms with E-state index in [1.807, 2.05) is 17.8 Å². The van der Waals surface area contributed by atoms with Gasteiger partial charge in [-0.15, -0.1) is 0 Å². The number of carbonyl (C=O) groups is 1. The predicted octanol–water partition coefficient (Wildman–Crippen LogP) is 2.03. The second-order valence-electron chi connectivity index (χ2n) is 7.01. The summed E-state index contributed by atoms with van der Waals surface area (Å²) >= 11 is 2.02. The molecule has 150 valence electrons. The predicted molar refractivity (Wildman–Crippen MR) is 117 cm³/mol. The van der Waals surface area contributed by atoms with Crippen molar-refractivity contribution in [3.05, 3.63) is 30.3 Å². The fourth-order valence-corrected chi connectivity index (χ4v) is 4.01. The van der Waals surface area contributed by atoms with Crippen molar-refractivity contribution in [2.45, 2.75) is 24.5 Å². The van der Waals surface area contributed by atoms with Crippen LogP contribution >= 0.6 is 11.8 Å². The first-order valence-corrected chi connectivity index (χ1v) is 10.7. The van der Waals surface area contributed by atoms with Crippen LogP contribution in [0, 0.1) is 0 Å². The lowest BCUT2D eigenvalue weighted by molar-refractivity contribution is -0.127. The Hall–Kier alpha value is -1.89. The van der Waals surface area contributed by atoms with Crippen LogP contribution in [0.3, 0.4) is 0 Å². The third-order valence-electron chi connectivity index (χ3n) is 4.55. The summed E-state index contributed by atoms with van der Waals surface area (Å²) in [7, 11) is 5.62. The van der Waals surface area contributed by atoms with Crippen LogP contribution in [-0.2, 0) is 4.79 Å². The maximum atomic E-state index is 11.8. The van der Waals surface area contributed by atoms with Crippen molar-refractivity contribution < 1.29 is 4.79 Å². The maximum Gasteiger partial charge on any atom is 0.243 e. The fourth-order valence-electron chi connectivity index (χ4n) is 2.81. The summed E-state index contributed by atoms with van der Waals surface area (Å²) in [5.74, 6) is 1.99. The lowest BCUT2D eigenvalue weighted by Gasteiger charge is -2.20. The average molecular weight is 392 g/mol. The number of anilines is 1. The monoisotopic (exact) mass is 391 g/mol. The highest BCUT2D eigenvalue weighted by Crippen LogP contribution is 2.25. The van der Waals surface area contributed by atoms with Crippen LogP contribution in [0.5, 0.6) is 0 Å². The van der Waals surface area contributed by atoms with Crippen LogP contribution in [-0.4, -0.2) is 75.1 Å². The van der Waals surface area contributed by atoms with Gasteiger partial charge in [0.15, 0.2) is 5.96 Å². The van der Waals surface area contributed by atoms with E-state index in [9.17, 15) is 4.79 Å². The van der Waals surface area contributed by atoms with E-state index >= 15 is 0 Å². The summed E-state index contributed by atoms with van der Waals surface area (Å²) in [4.78, 5) is 20.1. The second-order valence-corrected chi connectivity index (χ2v) is 8.41. The molecule has 1 atom stereocenters. The Bertz CT molecular complexity index is 587. The van der Waals surface area contributed by atoms with Gasteiger partial charge in [-0.1, -0.05) is 18.2 Å². The molecule has 7 heteroatoms. The number of thioether (sulfide) groups is 1.